The molecule has 0 aliphatic carbocycles. The van der Waals surface area contributed by atoms with Gasteiger partial charge in [0.1, 0.15) is 24.6 Å². The molecule has 11 heteroatoms. The number of nitrogens with zero attached hydrogens (tertiary/aromatic N) is 3. The smallest absolute Gasteiger partial charge is 0.288 e. The number of carbonyl (C=O) groups is 1. The van der Waals surface area contributed by atoms with E-state index in [0.717, 1.165) is 28.7 Å². The van der Waals surface area contributed by atoms with Crippen LogP contribution in [0.5, 0.6) is 0 Å². The van der Waals surface area contributed by atoms with Crippen LogP contribution in [0.2, 0.25) is 0 Å². The molecule has 116 valence electrons. The highest BCUT2D eigenvalue weighted by Gasteiger charge is 2.43. The zero-order valence-electron chi connectivity index (χ0n) is 10.9. The van der Waals surface area contributed by atoms with Crippen molar-refractivity contribution in [1.29, 1.82) is 0 Å². The predicted molar refractivity (Wildman–Crippen MR) is 68.4 cm³/mol. The lowest BCUT2D eigenvalue weighted by Crippen LogP contribution is -2.31. The Labute approximate surface area is 119 Å². The fourth-order valence-electron chi connectivity index (χ4n) is 1.79. The minimum atomic E-state index is -3.39. The maximum Gasteiger partial charge on any atom is 0.288 e. The van der Waals surface area contributed by atoms with Gasteiger partial charge in [0.2, 0.25) is 5.82 Å². The first-order valence-corrected chi connectivity index (χ1v) is 7.75. The third kappa shape index (κ3) is 3.44. The second kappa shape index (κ2) is 5.52. The molecule has 0 saturated carbocycles. The van der Waals surface area contributed by atoms with Crippen molar-refractivity contribution in [2.24, 2.45) is 5.73 Å². The zero-order valence-corrected chi connectivity index (χ0v) is 11.7. The summed E-state index contributed by atoms with van der Waals surface area (Å²) in [6.45, 7) is 0. The van der Waals surface area contributed by atoms with Crippen LogP contribution in [0.25, 0.3) is 0 Å². The van der Waals surface area contributed by atoms with E-state index in [2.05, 4.69) is 10.1 Å². The molecule has 21 heavy (non-hydrogen) atoms. The van der Waals surface area contributed by atoms with E-state index in [0.29, 0.717) is 0 Å². The summed E-state index contributed by atoms with van der Waals surface area (Å²) in [5, 5.41) is 24.3. The maximum atomic E-state index is 11.0. The van der Waals surface area contributed by atoms with Crippen LogP contribution in [0.4, 0.5) is 0 Å². The number of primary amides is 1. The van der Waals surface area contributed by atoms with Crippen LogP contribution in [0.1, 0.15) is 16.8 Å². The Bertz CT molecular complexity index is 669. The number of amides is 1. The monoisotopic (exact) mass is 318 g/mol. The summed E-state index contributed by atoms with van der Waals surface area (Å²) in [6.07, 6.45) is -1.67. The van der Waals surface area contributed by atoms with Crippen LogP contribution in [-0.2, 0) is 14.6 Å². The van der Waals surface area contributed by atoms with Crippen molar-refractivity contribution < 1.29 is 28.2 Å². The highest BCUT2D eigenvalue weighted by molar-refractivity contribution is 7.93. The molecule has 1 aromatic rings. The molecule has 2 heterocycles. The van der Waals surface area contributed by atoms with E-state index in [9.17, 15) is 23.4 Å². The SMILES string of the molecule is CS(=O)(=O)/C=C/[C@H]1OC(n2cnc(C(N)=O)n2)[C@H](O)[C@@H]1O. The minimum absolute atomic E-state index is 0.268. The van der Waals surface area contributed by atoms with Gasteiger partial charge in [-0.25, -0.2) is 18.1 Å². The average Bonchev–Trinajstić information content (AvgIpc) is 2.94. The number of carbonyl (C=O) groups excluding carboxylic acids is 1. The van der Waals surface area contributed by atoms with Crippen molar-refractivity contribution >= 4 is 15.7 Å². The van der Waals surface area contributed by atoms with Crippen molar-refractivity contribution in [2.75, 3.05) is 6.26 Å². The predicted octanol–water partition coefficient (Wildman–Crippen LogP) is -2.45. The summed E-state index contributed by atoms with van der Waals surface area (Å²) in [5.74, 6) is -1.12. The van der Waals surface area contributed by atoms with Crippen molar-refractivity contribution in [1.82, 2.24) is 14.8 Å². The van der Waals surface area contributed by atoms with Crippen molar-refractivity contribution in [3.8, 4) is 0 Å². The van der Waals surface area contributed by atoms with E-state index in [4.69, 9.17) is 10.5 Å². The number of ether oxygens (including phenoxy) is 1. The minimum Gasteiger partial charge on any atom is -0.387 e. The first-order chi connectivity index (χ1) is 9.69. The third-order valence-electron chi connectivity index (χ3n) is 2.78. The zero-order chi connectivity index (χ0) is 15.8. The fourth-order valence-corrected chi connectivity index (χ4v) is 2.23. The number of aromatic nitrogens is 3. The molecule has 1 saturated heterocycles. The number of rotatable bonds is 4. The van der Waals surface area contributed by atoms with E-state index in [1.807, 2.05) is 0 Å². The summed E-state index contributed by atoms with van der Waals surface area (Å²) < 4.78 is 28.4. The Morgan fingerprint density at radius 2 is 2.14 bits per heavy atom. The third-order valence-corrected chi connectivity index (χ3v) is 3.43. The van der Waals surface area contributed by atoms with Gasteiger partial charge in [-0.05, 0) is 6.08 Å². The van der Waals surface area contributed by atoms with Crippen LogP contribution < -0.4 is 5.73 Å². The first-order valence-electron chi connectivity index (χ1n) is 5.80. The number of hydrogen-bond donors (Lipinski definition) is 3. The van der Waals surface area contributed by atoms with E-state index in [-0.39, 0.29) is 5.82 Å². The topological polar surface area (TPSA) is 158 Å². The molecule has 1 aliphatic rings. The van der Waals surface area contributed by atoms with Gasteiger partial charge >= 0.3 is 0 Å². The van der Waals surface area contributed by atoms with Crippen LogP contribution in [-0.4, -0.2) is 63.9 Å². The normalized spacial score (nSPS) is 30.0. The van der Waals surface area contributed by atoms with Crippen LogP contribution in [0, 0.1) is 0 Å². The van der Waals surface area contributed by atoms with Crippen molar-refractivity contribution in [3.63, 3.8) is 0 Å². The Balaban J connectivity index is 2.19. The molecule has 1 amide bonds. The van der Waals surface area contributed by atoms with E-state index in [1.54, 1.807) is 0 Å². The molecular formula is C10H14N4O6S. The Hall–Kier alpha value is -1.82. The van der Waals surface area contributed by atoms with E-state index in [1.165, 1.54) is 0 Å². The van der Waals surface area contributed by atoms with Gasteiger partial charge in [-0.2, -0.15) is 0 Å². The molecule has 4 atom stereocenters. The molecule has 1 aromatic heterocycles. The second-order valence-electron chi connectivity index (χ2n) is 4.54. The van der Waals surface area contributed by atoms with Gasteiger partial charge in [-0.3, -0.25) is 4.79 Å². The molecule has 1 aliphatic heterocycles. The molecule has 2 rings (SSSR count). The molecule has 1 fully saturated rings. The lowest BCUT2D eigenvalue weighted by Gasteiger charge is -2.13. The second-order valence-corrected chi connectivity index (χ2v) is 6.47. The summed E-state index contributed by atoms with van der Waals surface area (Å²) in [7, 11) is -3.39. The summed E-state index contributed by atoms with van der Waals surface area (Å²) in [5.41, 5.74) is 5.00. The molecule has 10 nitrogen and oxygen atoms in total. The number of aliphatic hydroxyl groups excluding tert-OH is 2. The van der Waals surface area contributed by atoms with Gasteiger partial charge in [0.15, 0.2) is 16.1 Å². The number of hydrogen-bond acceptors (Lipinski definition) is 8. The molecule has 0 radical (unpaired) electrons. The lowest BCUT2D eigenvalue weighted by atomic mass is 10.1. The number of nitrogens with two attached hydrogens (primary N) is 1. The van der Waals surface area contributed by atoms with Crippen molar-refractivity contribution in [2.45, 2.75) is 24.5 Å². The molecular weight excluding hydrogens is 304 g/mol. The lowest BCUT2D eigenvalue weighted by molar-refractivity contribution is -0.0346. The van der Waals surface area contributed by atoms with Crippen LogP contribution in [0.15, 0.2) is 17.8 Å². The van der Waals surface area contributed by atoms with E-state index >= 15 is 0 Å². The molecule has 0 spiro atoms. The fraction of sp³-hybridized carbons (Fsp3) is 0.500. The van der Waals surface area contributed by atoms with E-state index < -0.39 is 40.3 Å². The maximum absolute atomic E-state index is 11.0. The highest BCUT2D eigenvalue weighted by Crippen LogP contribution is 2.29. The van der Waals surface area contributed by atoms with Gasteiger partial charge in [0.25, 0.3) is 5.91 Å². The quantitative estimate of drug-likeness (QED) is 0.552. The van der Waals surface area contributed by atoms with Gasteiger partial charge in [-0.1, -0.05) is 0 Å². The Morgan fingerprint density at radius 3 is 2.67 bits per heavy atom. The van der Waals surface area contributed by atoms with Gasteiger partial charge in [-0.15, -0.1) is 5.10 Å². The van der Waals surface area contributed by atoms with Gasteiger partial charge in [0.05, 0.1) is 0 Å². The van der Waals surface area contributed by atoms with Crippen LogP contribution >= 0.6 is 0 Å². The molecule has 0 aromatic carbocycles. The van der Waals surface area contributed by atoms with Gasteiger partial charge < -0.3 is 20.7 Å². The average molecular weight is 318 g/mol. The van der Waals surface area contributed by atoms with Crippen molar-refractivity contribution in [3.05, 3.63) is 23.6 Å². The number of sulfone groups is 1. The summed E-state index contributed by atoms with van der Waals surface area (Å²) in [6, 6.07) is 0. The number of aliphatic hydroxyl groups is 2. The summed E-state index contributed by atoms with van der Waals surface area (Å²) >= 11 is 0. The molecule has 0 bridgehead atoms. The van der Waals surface area contributed by atoms with Crippen LogP contribution in [0.3, 0.4) is 0 Å². The van der Waals surface area contributed by atoms with Gasteiger partial charge in [0, 0.05) is 11.7 Å². The Morgan fingerprint density at radius 1 is 1.48 bits per heavy atom. The largest absolute Gasteiger partial charge is 0.387 e. The highest BCUT2D eigenvalue weighted by atomic mass is 32.2. The summed E-state index contributed by atoms with van der Waals surface area (Å²) in [4.78, 5) is 14.5. The first kappa shape index (κ1) is 15.6. The Kier molecular flexibility index (Phi) is 4.09. The molecule has 4 N–H and O–H groups in total. The molecule has 1 unspecified atom stereocenters. The standard InChI is InChI=1S/C10H14N4O6S/c1-21(18,19)3-2-5-6(15)7(16)10(20-5)14-4-12-9(13-14)8(11)17/h2-7,10,15-16H,1H3,(H2,11,17)/b3-2+/t5-,6-,7-,10?/m1/s1.